The zero-order chi connectivity index (χ0) is 16.0. The fraction of sp³-hybridized carbons (Fsp3) is 0.938. The Morgan fingerprint density at radius 2 is 1.82 bits per heavy atom. The van der Waals surface area contributed by atoms with Crippen LogP contribution >= 0.6 is 0 Å². The van der Waals surface area contributed by atoms with Crippen molar-refractivity contribution in [2.45, 2.75) is 94.5 Å². The average Bonchev–Trinajstić information content (AvgIpc) is 2.74. The summed E-state index contributed by atoms with van der Waals surface area (Å²) in [7, 11) is 0. The van der Waals surface area contributed by atoms with Crippen LogP contribution in [0.1, 0.15) is 58.8 Å². The molecule has 2 aliphatic carbocycles. The fourth-order valence-electron chi connectivity index (χ4n) is 3.98. The first-order chi connectivity index (χ1) is 10.3. The molecule has 3 fully saturated rings. The quantitative estimate of drug-likeness (QED) is 0.703. The first-order valence-electron chi connectivity index (χ1n) is 8.36. The molecule has 0 aromatic carbocycles. The van der Waals surface area contributed by atoms with E-state index in [0.29, 0.717) is 0 Å². The van der Waals surface area contributed by atoms with E-state index < -0.39 is 29.7 Å². The Morgan fingerprint density at radius 1 is 1.14 bits per heavy atom. The van der Waals surface area contributed by atoms with Crippen LogP contribution in [-0.2, 0) is 14.3 Å². The zero-order valence-electron chi connectivity index (χ0n) is 13.4. The first-order valence-corrected chi connectivity index (χ1v) is 8.36. The van der Waals surface area contributed by atoms with Gasteiger partial charge in [0.05, 0.1) is 12.2 Å². The molecule has 0 aromatic rings. The third-order valence-corrected chi connectivity index (χ3v) is 5.05. The molecule has 0 spiro atoms. The Kier molecular flexibility index (Phi) is 4.22. The molecule has 22 heavy (non-hydrogen) atoms. The molecule has 126 valence electrons. The summed E-state index contributed by atoms with van der Waals surface area (Å²) in [6.07, 6.45) is 3.68. The minimum absolute atomic E-state index is 0.00778. The van der Waals surface area contributed by atoms with Gasteiger partial charge in [-0.1, -0.05) is 19.3 Å². The predicted octanol–water partition coefficient (Wildman–Crippen LogP) is 0.841. The summed E-state index contributed by atoms with van der Waals surface area (Å²) in [4.78, 5) is 12.5. The van der Waals surface area contributed by atoms with Crippen LogP contribution in [0.3, 0.4) is 0 Å². The molecule has 1 amide bonds. The SMILES string of the molecule is CC1(C)O[C@H]2[C@H](O)C[C@](O)(C(=O)NC3CCCCC3)C[C@H]2O1. The molecule has 3 rings (SSSR count). The van der Waals surface area contributed by atoms with Gasteiger partial charge in [-0.2, -0.15) is 0 Å². The molecule has 0 aromatic heterocycles. The molecule has 1 saturated heterocycles. The van der Waals surface area contributed by atoms with Crippen LogP contribution in [0.15, 0.2) is 0 Å². The highest BCUT2D eigenvalue weighted by Gasteiger charge is 2.55. The number of aliphatic hydroxyl groups excluding tert-OH is 1. The van der Waals surface area contributed by atoms with E-state index in [1.807, 2.05) is 0 Å². The summed E-state index contributed by atoms with van der Waals surface area (Å²) < 4.78 is 11.4. The second-order valence-electron chi connectivity index (χ2n) is 7.45. The molecule has 0 radical (unpaired) electrons. The lowest BCUT2D eigenvalue weighted by Crippen LogP contribution is -2.59. The van der Waals surface area contributed by atoms with Crippen LogP contribution in [0.2, 0.25) is 0 Å². The number of fused-ring (bicyclic) bond motifs is 1. The maximum absolute atomic E-state index is 12.5. The minimum atomic E-state index is -1.58. The highest BCUT2D eigenvalue weighted by Crippen LogP contribution is 2.41. The lowest BCUT2D eigenvalue weighted by Gasteiger charge is -2.39. The Morgan fingerprint density at radius 3 is 2.50 bits per heavy atom. The first kappa shape index (κ1) is 16.2. The summed E-state index contributed by atoms with van der Waals surface area (Å²) in [5, 5.41) is 24.0. The van der Waals surface area contributed by atoms with Crippen molar-refractivity contribution >= 4 is 5.91 Å². The molecule has 1 heterocycles. The lowest BCUT2D eigenvalue weighted by molar-refractivity contribution is -0.159. The monoisotopic (exact) mass is 313 g/mol. The maximum Gasteiger partial charge on any atom is 0.252 e. The van der Waals surface area contributed by atoms with Crippen molar-refractivity contribution in [1.29, 1.82) is 0 Å². The fourth-order valence-corrected chi connectivity index (χ4v) is 3.98. The zero-order valence-corrected chi connectivity index (χ0v) is 13.4. The lowest BCUT2D eigenvalue weighted by atomic mass is 9.78. The standard InChI is InChI=1S/C16H27NO5/c1-15(2)21-12-9-16(20,8-11(18)13(12)22-15)14(19)17-10-6-4-3-5-7-10/h10-13,18,20H,3-9H2,1-2H3,(H,17,19)/t11-,12-,13+,16-/m1/s1. The number of ether oxygens (including phenoxy) is 2. The molecular formula is C16H27NO5. The van der Waals surface area contributed by atoms with E-state index in [9.17, 15) is 15.0 Å². The van der Waals surface area contributed by atoms with E-state index in [1.165, 1.54) is 6.42 Å². The average molecular weight is 313 g/mol. The molecule has 2 saturated carbocycles. The summed E-state index contributed by atoms with van der Waals surface area (Å²) in [5.74, 6) is -1.17. The van der Waals surface area contributed by atoms with Crippen LogP contribution in [-0.4, -0.2) is 51.9 Å². The van der Waals surface area contributed by atoms with Crippen molar-refractivity contribution in [3.63, 3.8) is 0 Å². The van der Waals surface area contributed by atoms with Gasteiger partial charge in [0, 0.05) is 18.9 Å². The van der Waals surface area contributed by atoms with Gasteiger partial charge in [0.15, 0.2) is 5.79 Å². The van der Waals surface area contributed by atoms with Gasteiger partial charge in [-0.05, 0) is 26.7 Å². The van der Waals surface area contributed by atoms with E-state index in [2.05, 4.69) is 5.32 Å². The molecule has 6 nitrogen and oxygen atoms in total. The van der Waals surface area contributed by atoms with Gasteiger partial charge in [0.1, 0.15) is 11.7 Å². The van der Waals surface area contributed by atoms with Gasteiger partial charge < -0.3 is 25.0 Å². The molecule has 0 bridgehead atoms. The summed E-state index contributed by atoms with van der Waals surface area (Å²) in [6, 6.07) is 0.136. The van der Waals surface area contributed by atoms with Gasteiger partial charge in [-0.3, -0.25) is 4.79 Å². The number of hydrogen-bond acceptors (Lipinski definition) is 5. The molecule has 3 aliphatic rings. The molecule has 0 unspecified atom stereocenters. The van der Waals surface area contributed by atoms with Crippen molar-refractivity contribution in [3.05, 3.63) is 0 Å². The number of hydrogen-bond donors (Lipinski definition) is 3. The predicted molar refractivity (Wildman–Crippen MR) is 79.0 cm³/mol. The van der Waals surface area contributed by atoms with E-state index in [0.717, 1.165) is 25.7 Å². The maximum atomic E-state index is 12.5. The van der Waals surface area contributed by atoms with Crippen LogP contribution in [0.25, 0.3) is 0 Å². The molecule has 4 atom stereocenters. The number of carbonyl (C=O) groups is 1. The Balaban J connectivity index is 1.66. The normalized spacial score (nSPS) is 41.9. The number of rotatable bonds is 2. The third-order valence-electron chi connectivity index (χ3n) is 5.05. The van der Waals surface area contributed by atoms with Crippen molar-refractivity contribution < 1.29 is 24.5 Å². The topological polar surface area (TPSA) is 88.0 Å². The van der Waals surface area contributed by atoms with Gasteiger partial charge in [0.2, 0.25) is 0 Å². The van der Waals surface area contributed by atoms with Gasteiger partial charge in [-0.25, -0.2) is 0 Å². The van der Waals surface area contributed by atoms with Crippen LogP contribution in [0.5, 0.6) is 0 Å². The minimum Gasteiger partial charge on any atom is -0.390 e. The number of aliphatic hydroxyl groups is 2. The second kappa shape index (κ2) is 5.74. The highest BCUT2D eigenvalue weighted by molar-refractivity contribution is 5.85. The molecular weight excluding hydrogens is 286 g/mol. The second-order valence-corrected chi connectivity index (χ2v) is 7.45. The van der Waals surface area contributed by atoms with Crippen molar-refractivity contribution in [2.75, 3.05) is 0 Å². The van der Waals surface area contributed by atoms with Crippen molar-refractivity contribution in [2.24, 2.45) is 0 Å². The van der Waals surface area contributed by atoms with Crippen molar-refractivity contribution in [3.8, 4) is 0 Å². The molecule has 3 N–H and O–H groups in total. The number of nitrogens with one attached hydrogen (secondary N) is 1. The molecule has 1 aliphatic heterocycles. The van der Waals surface area contributed by atoms with Gasteiger partial charge in [0.25, 0.3) is 5.91 Å². The van der Waals surface area contributed by atoms with Gasteiger partial charge >= 0.3 is 0 Å². The van der Waals surface area contributed by atoms with E-state index in [-0.39, 0.29) is 24.8 Å². The molecule has 6 heteroatoms. The summed E-state index contributed by atoms with van der Waals surface area (Å²) in [5.41, 5.74) is -1.58. The Bertz CT molecular complexity index is 434. The Labute approximate surface area is 131 Å². The van der Waals surface area contributed by atoms with Gasteiger partial charge in [-0.15, -0.1) is 0 Å². The van der Waals surface area contributed by atoms with Crippen molar-refractivity contribution in [1.82, 2.24) is 5.32 Å². The van der Waals surface area contributed by atoms with E-state index >= 15 is 0 Å². The largest absolute Gasteiger partial charge is 0.390 e. The third kappa shape index (κ3) is 3.15. The summed E-state index contributed by atoms with van der Waals surface area (Å²) >= 11 is 0. The van der Waals surface area contributed by atoms with Crippen LogP contribution in [0.4, 0.5) is 0 Å². The smallest absolute Gasteiger partial charge is 0.252 e. The summed E-state index contributed by atoms with van der Waals surface area (Å²) in [6.45, 7) is 3.55. The van der Waals surface area contributed by atoms with Crippen LogP contribution < -0.4 is 5.32 Å². The van der Waals surface area contributed by atoms with E-state index in [4.69, 9.17) is 9.47 Å². The number of carbonyl (C=O) groups excluding carboxylic acids is 1. The number of amides is 1. The Hall–Kier alpha value is -0.690. The van der Waals surface area contributed by atoms with E-state index in [1.54, 1.807) is 13.8 Å². The van der Waals surface area contributed by atoms with Crippen LogP contribution in [0, 0.1) is 0 Å². The highest BCUT2D eigenvalue weighted by atomic mass is 16.8.